The summed E-state index contributed by atoms with van der Waals surface area (Å²) in [7, 11) is 0. The Kier molecular flexibility index (Phi) is 20.6. The van der Waals surface area contributed by atoms with Crippen LogP contribution in [0, 0.1) is 0 Å². The molecule has 1 nitrogen and oxygen atoms in total. The average molecular weight is 345 g/mol. The topological polar surface area (TPSA) is 20.2 Å². The molecule has 1 N–H and O–H groups in total. The molecule has 1 atom stereocenters. The first-order valence-corrected chi connectivity index (χ1v) is 11.1. The average Bonchev–Trinajstić information content (AvgIpc) is 2.54. The molecule has 0 radical (unpaired) electrons. The van der Waals surface area contributed by atoms with Crippen LogP contribution in [0.25, 0.3) is 0 Å². The monoisotopic (exact) mass is 344 g/mol. The molecule has 0 aromatic heterocycles. The van der Waals surface area contributed by atoms with Crippen molar-refractivity contribution in [1.82, 2.24) is 0 Å². The lowest BCUT2D eigenvalue weighted by molar-refractivity contribution is 0.285. The third-order valence-corrected chi connectivity index (χ3v) is 5.37. The van der Waals surface area contributed by atoms with Gasteiger partial charge >= 0.3 is 0 Å². The number of aliphatic hydroxyl groups excluding tert-OH is 1. The number of aliphatic hydroxyl groups is 1. The van der Waals surface area contributed by atoms with Gasteiger partial charge in [0.2, 0.25) is 0 Å². The molecule has 0 heterocycles. The summed E-state index contributed by atoms with van der Waals surface area (Å²) in [6.07, 6.45) is 24.8. The minimum Gasteiger partial charge on any atom is -0.396 e. The normalized spacial score (nSPS) is 12.7. The molecule has 2 heteroatoms. The van der Waals surface area contributed by atoms with Crippen LogP contribution in [0.5, 0.6) is 0 Å². The molecule has 0 bridgehead atoms. The van der Waals surface area contributed by atoms with Gasteiger partial charge in [-0.1, -0.05) is 110 Å². The third kappa shape index (κ3) is 20.3. The summed E-state index contributed by atoms with van der Waals surface area (Å²) in [6, 6.07) is 0. The Hall–Kier alpha value is 0.310. The second-order valence-corrected chi connectivity index (χ2v) is 7.99. The molecule has 0 fully saturated rings. The van der Waals surface area contributed by atoms with E-state index in [1.165, 1.54) is 109 Å². The van der Waals surface area contributed by atoms with Crippen molar-refractivity contribution in [1.29, 1.82) is 0 Å². The molecule has 140 valence electrons. The molecule has 0 saturated heterocycles. The molecule has 0 spiro atoms. The van der Waals surface area contributed by atoms with Crippen molar-refractivity contribution >= 4 is 12.6 Å². The molecule has 0 amide bonds. The molecule has 0 aromatic rings. The maximum Gasteiger partial charge on any atom is 0.0441 e. The van der Waals surface area contributed by atoms with Crippen molar-refractivity contribution in [3.8, 4) is 0 Å². The van der Waals surface area contributed by atoms with Crippen LogP contribution in [-0.4, -0.2) is 17.0 Å². The van der Waals surface area contributed by atoms with E-state index in [9.17, 15) is 0 Å². The maximum absolute atomic E-state index is 8.82. The Morgan fingerprint density at radius 2 is 0.913 bits per heavy atom. The first-order chi connectivity index (χ1) is 11.3. The van der Waals surface area contributed by atoms with Gasteiger partial charge in [-0.15, -0.1) is 0 Å². The molecule has 1 unspecified atom stereocenters. The van der Waals surface area contributed by atoms with Gasteiger partial charge in [-0.25, -0.2) is 0 Å². The van der Waals surface area contributed by atoms with E-state index in [1.54, 1.807) is 0 Å². The van der Waals surface area contributed by atoms with Gasteiger partial charge in [0.25, 0.3) is 0 Å². The SMILES string of the molecule is CCCCCCCCCCCCCCCCCCC(S)CCO. The van der Waals surface area contributed by atoms with Gasteiger partial charge in [-0.3, -0.25) is 0 Å². The van der Waals surface area contributed by atoms with Gasteiger partial charge in [0.1, 0.15) is 0 Å². The molecule has 23 heavy (non-hydrogen) atoms. The number of hydrogen-bond acceptors (Lipinski definition) is 2. The summed E-state index contributed by atoms with van der Waals surface area (Å²) in [5.41, 5.74) is 0. The predicted molar refractivity (Wildman–Crippen MR) is 109 cm³/mol. The Labute approximate surface area is 152 Å². The van der Waals surface area contributed by atoms with E-state index < -0.39 is 0 Å². The molecule has 0 aliphatic carbocycles. The number of rotatable bonds is 19. The van der Waals surface area contributed by atoms with Gasteiger partial charge in [-0.2, -0.15) is 12.6 Å². The Morgan fingerprint density at radius 1 is 0.565 bits per heavy atom. The van der Waals surface area contributed by atoms with E-state index in [1.807, 2.05) is 0 Å². The van der Waals surface area contributed by atoms with Crippen LogP contribution in [0.1, 0.15) is 122 Å². The van der Waals surface area contributed by atoms with Crippen molar-refractivity contribution in [2.75, 3.05) is 6.61 Å². The zero-order chi connectivity index (χ0) is 17.0. The lowest BCUT2D eigenvalue weighted by atomic mass is 10.0. The van der Waals surface area contributed by atoms with Gasteiger partial charge in [0.15, 0.2) is 0 Å². The molecule has 0 saturated carbocycles. The zero-order valence-electron chi connectivity index (χ0n) is 15.9. The highest BCUT2D eigenvalue weighted by Crippen LogP contribution is 2.15. The van der Waals surface area contributed by atoms with Crippen LogP contribution in [0.4, 0.5) is 0 Å². The molecular formula is C21H44OS. The van der Waals surface area contributed by atoms with E-state index >= 15 is 0 Å². The van der Waals surface area contributed by atoms with Crippen LogP contribution >= 0.6 is 12.6 Å². The second-order valence-electron chi connectivity index (χ2n) is 7.26. The summed E-state index contributed by atoms with van der Waals surface area (Å²) in [4.78, 5) is 0. The zero-order valence-corrected chi connectivity index (χ0v) is 16.8. The van der Waals surface area contributed by atoms with Crippen LogP contribution in [0.15, 0.2) is 0 Å². The molecule has 0 rings (SSSR count). The maximum atomic E-state index is 8.82. The van der Waals surface area contributed by atoms with E-state index in [0.717, 1.165) is 6.42 Å². The Bertz CT molecular complexity index is 208. The van der Waals surface area contributed by atoms with E-state index in [2.05, 4.69) is 19.6 Å². The van der Waals surface area contributed by atoms with E-state index in [-0.39, 0.29) is 6.61 Å². The van der Waals surface area contributed by atoms with Crippen LogP contribution in [0.3, 0.4) is 0 Å². The summed E-state index contributed by atoms with van der Waals surface area (Å²) in [6.45, 7) is 2.57. The fourth-order valence-corrected chi connectivity index (χ4v) is 3.52. The van der Waals surface area contributed by atoms with Gasteiger partial charge < -0.3 is 5.11 Å². The van der Waals surface area contributed by atoms with Gasteiger partial charge in [0.05, 0.1) is 0 Å². The van der Waals surface area contributed by atoms with Crippen molar-refractivity contribution in [2.45, 2.75) is 128 Å². The quantitative estimate of drug-likeness (QED) is 0.186. The first kappa shape index (κ1) is 23.3. The number of unbranched alkanes of at least 4 members (excludes halogenated alkanes) is 15. The van der Waals surface area contributed by atoms with Crippen molar-refractivity contribution in [2.24, 2.45) is 0 Å². The number of thiol groups is 1. The van der Waals surface area contributed by atoms with Crippen LogP contribution in [0.2, 0.25) is 0 Å². The fourth-order valence-electron chi connectivity index (χ4n) is 3.22. The van der Waals surface area contributed by atoms with E-state index in [0.29, 0.717) is 5.25 Å². The largest absolute Gasteiger partial charge is 0.396 e. The van der Waals surface area contributed by atoms with Gasteiger partial charge in [-0.05, 0) is 12.8 Å². The van der Waals surface area contributed by atoms with Gasteiger partial charge in [0, 0.05) is 11.9 Å². The predicted octanol–water partition coefficient (Wildman–Crippen LogP) is 7.32. The Balaban J connectivity index is 3.00. The standard InChI is InChI=1S/C21H44OS/c1-2-3-4-5-6-7-8-9-10-11-12-13-14-15-16-17-18-21(23)19-20-22/h21-23H,2-20H2,1H3. The summed E-state index contributed by atoms with van der Waals surface area (Å²) in [5.74, 6) is 0. The highest BCUT2D eigenvalue weighted by molar-refractivity contribution is 7.80. The summed E-state index contributed by atoms with van der Waals surface area (Å²) in [5, 5.41) is 9.23. The van der Waals surface area contributed by atoms with Crippen molar-refractivity contribution in [3.63, 3.8) is 0 Å². The first-order valence-electron chi connectivity index (χ1n) is 10.6. The highest BCUT2D eigenvalue weighted by atomic mass is 32.1. The third-order valence-electron chi connectivity index (χ3n) is 4.85. The number of hydrogen-bond donors (Lipinski definition) is 2. The molecule has 0 aliphatic heterocycles. The summed E-state index contributed by atoms with van der Waals surface area (Å²) < 4.78 is 0. The lowest BCUT2D eigenvalue weighted by Gasteiger charge is -2.08. The van der Waals surface area contributed by atoms with E-state index in [4.69, 9.17) is 5.11 Å². The smallest absolute Gasteiger partial charge is 0.0441 e. The van der Waals surface area contributed by atoms with Crippen molar-refractivity contribution < 1.29 is 5.11 Å². The minimum atomic E-state index is 0.285. The van der Waals surface area contributed by atoms with Crippen molar-refractivity contribution in [3.05, 3.63) is 0 Å². The molecule has 0 aliphatic rings. The van der Waals surface area contributed by atoms with Crippen LogP contribution < -0.4 is 0 Å². The molecule has 0 aromatic carbocycles. The Morgan fingerprint density at radius 3 is 1.26 bits per heavy atom. The summed E-state index contributed by atoms with van der Waals surface area (Å²) >= 11 is 4.48. The lowest BCUT2D eigenvalue weighted by Crippen LogP contribution is -2.01. The fraction of sp³-hybridized carbons (Fsp3) is 1.00. The minimum absolute atomic E-state index is 0.285. The second kappa shape index (κ2) is 20.4. The van der Waals surface area contributed by atoms with Crippen LogP contribution in [-0.2, 0) is 0 Å². The molecular weight excluding hydrogens is 300 g/mol. The highest BCUT2D eigenvalue weighted by Gasteiger charge is 2.01.